The van der Waals surface area contributed by atoms with Crippen molar-refractivity contribution >= 4 is 26.0 Å². The van der Waals surface area contributed by atoms with E-state index in [9.17, 15) is 17.9 Å². The van der Waals surface area contributed by atoms with E-state index in [1.165, 1.54) is 19.1 Å². The minimum absolute atomic E-state index is 0.154. The molecule has 1 atom stereocenters. The van der Waals surface area contributed by atoms with E-state index in [1.54, 1.807) is 0 Å². The van der Waals surface area contributed by atoms with Crippen LogP contribution in [-0.2, 0) is 10.0 Å². The summed E-state index contributed by atoms with van der Waals surface area (Å²) in [4.78, 5) is -0.428. The van der Waals surface area contributed by atoms with Crippen molar-refractivity contribution in [2.75, 3.05) is 6.54 Å². The van der Waals surface area contributed by atoms with Gasteiger partial charge in [-0.3, -0.25) is 0 Å². The van der Waals surface area contributed by atoms with Crippen molar-refractivity contribution in [2.24, 2.45) is 0 Å². The lowest BCUT2D eigenvalue weighted by Gasteiger charge is -2.22. The molecule has 19 heavy (non-hydrogen) atoms. The standard InChI is InChI=1S/C12H17BrFNO3S/c1-3-6-12(2,16)8-15-19(17,18)11-5-4-9(13)7-10(11)14/h4-5,7,15-16H,3,6,8H2,1-2H3. The zero-order valence-corrected chi connectivity index (χ0v) is 13.2. The maximum absolute atomic E-state index is 13.6. The molecule has 0 bridgehead atoms. The van der Waals surface area contributed by atoms with E-state index in [-0.39, 0.29) is 6.54 Å². The highest BCUT2D eigenvalue weighted by atomic mass is 79.9. The number of hydrogen-bond acceptors (Lipinski definition) is 3. The molecule has 4 nitrogen and oxygen atoms in total. The summed E-state index contributed by atoms with van der Waals surface area (Å²) in [5.74, 6) is -0.836. The molecule has 0 spiro atoms. The lowest BCUT2D eigenvalue weighted by molar-refractivity contribution is 0.0554. The maximum atomic E-state index is 13.6. The fraction of sp³-hybridized carbons (Fsp3) is 0.500. The Morgan fingerprint density at radius 3 is 2.63 bits per heavy atom. The van der Waals surface area contributed by atoms with E-state index in [2.05, 4.69) is 20.7 Å². The minimum Gasteiger partial charge on any atom is -0.389 e. The third-order valence-electron chi connectivity index (χ3n) is 2.62. The molecule has 1 rings (SSSR count). The molecule has 0 aliphatic rings. The largest absolute Gasteiger partial charge is 0.389 e. The zero-order valence-electron chi connectivity index (χ0n) is 10.8. The highest BCUT2D eigenvalue weighted by molar-refractivity contribution is 9.10. The summed E-state index contributed by atoms with van der Waals surface area (Å²) in [7, 11) is -3.97. The van der Waals surface area contributed by atoms with E-state index in [1.807, 2.05) is 6.92 Å². The van der Waals surface area contributed by atoms with E-state index < -0.39 is 26.3 Å². The molecule has 1 unspecified atom stereocenters. The van der Waals surface area contributed by atoms with Crippen LogP contribution in [0.4, 0.5) is 4.39 Å². The summed E-state index contributed by atoms with van der Waals surface area (Å²) >= 11 is 3.06. The molecule has 0 saturated heterocycles. The Bertz CT molecular complexity index is 546. The number of aliphatic hydroxyl groups is 1. The van der Waals surface area contributed by atoms with Crippen LogP contribution in [0.3, 0.4) is 0 Å². The Hall–Kier alpha value is -0.500. The van der Waals surface area contributed by atoms with Gasteiger partial charge in [0.1, 0.15) is 10.7 Å². The fourth-order valence-electron chi connectivity index (χ4n) is 1.65. The van der Waals surface area contributed by atoms with E-state index >= 15 is 0 Å². The Morgan fingerprint density at radius 2 is 2.11 bits per heavy atom. The molecule has 0 amide bonds. The molecule has 0 fully saturated rings. The first-order valence-electron chi connectivity index (χ1n) is 5.85. The summed E-state index contributed by atoms with van der Waals surface area (Å²) in [5, 5.41) is 9.91. The van der Waals surface area contributed by atoms with Gasteiger partial charge in [0.05, 0.1) is 5.60 Å². The van der Waals surface area contributed by atoms with Gasteiger partial charge in [-0.15, -0.1) is 0 Å². The molecule has 0 saturated carbocycles. The topological polar surface area (TPSA) is 66.4 Å². The van der Waals surface area contributed by atoms with Gasteiger partial charge in [-0.25, -0.2) is 17.5 Å². The second-order valence-electron chi connectivity index (χ2n) is 4.65. The molecule has 0 aliphatic carbocycles. The third kappa shape index (κ3) is 4.83. The zero-order chi connectivity index (χ0) is 14.7. The summed E-state index contributed by atoms with van der Waals surface area (Å²) in [6, 6.07) is 3.71. The Labute approximate surface area is 121 Å². The van der Waals surface area contributed by atoms with Crippen LogP contribution < -0.4 is 4.72 Å². The highest BCUT2D eigenvalue weighted by Crippen LogP contribution is 2.20. The quantitative estimate of drug-likeness (QED) is 0.825. The van der Waals surface area contributed by atoms with Crippen molar-refractivity contribution in [1.82, 2.24) is 4.72 Å². The first kappa shape index (κ1) is 16.6. The van der Waals surface area contributed by atoms with Gasteiger partial charge < -0.3 is 5.11 Å². The molecule has 7 heteroatoms. The fourth-order valence-corrected chi connectivity index (χ4v) is 3.20. The van der Waals surface area contributed by atoms with Crippen LogP contribution in [0.15, 0.2) is 27.6 Å². The normalized spacial score (nSPS) is 15.2. The molecule has 2 N–H and O–H groups in total. The SMILES string of the molecule is CCCC(C)(O)CNS(=O)(=O)c1ccc(Br)cc1F. The van der Waals surface area contributed by atoms with Crippen LogP contribution in [0.25, 0.3) is 0 Å². The van der Waals surface area contributed by atoms with Crippen molar-refractivity contribution in [3.05, 3.63) is 28.5 Å². The molecule has 108 valence electrons. The highest BCUT2D eigenvalue weighted by Gasteiger charge is 2.25. The summed E-state index contributed by atoms with van der Waals surface area (Å²) < 4.78 is 40.2. The molecule has 1 aromatic rings. The number of benzene rings is 1. The van der Waals surface area contributed by atoms with Crippen LogP contribution in [0, 0.1) is 5.82 Å². The number of rotatable bonds is 6. The van der Waals surface area contributed by atoms with Gasteiger partial charge in [-0.05, 0) is 31.5 Å². The third-order valence-corrected chi connectivity index (χ3v) is 4.54. The lowest BCUT2D eigenvalue weighted by atomic mass is 10.0. The van der Waals surface area contributed by atoms with Crippen LogP contribution in [-0.4, -0.2) is 25.7 Å². The van der Waals surface area contributed by atoms with E-state index in [0.29, 0.717) is 10.9 Å². The van der Waals surface area contributed by atoms with Crippen LogP contribution in [0.5, 0.6) is 0 Å². The van der Waals surface area contributed by atoms with Crippen molar-refractivity contribution in [2.45, 2.75) is 37.2 Å². The predicted molar refractivity (Wildman–Crippen MR) is 74.8 cm³/mol. The molecule has 0 radical (unpaired) electrons. The van der Waals surface area contributed by atoms with Crippen molar-refractivity contribution in [3.63, 3.8) is 0 Å². The van der Waals surface area contributed by atoms with Gasteiger partial charge in [-0.1, -0.05) is 29.3 Å². The maximum Gasteiger partial charge on any atom is 0.243 e. The van der Waals surface area contributed by atoms with E-state index in [0.717, 1.165) is 12.5 Å². The summed E-state index contributed by atoms with van der Waals surface area (Å²) in [6.45, 7) is 3.27. The van der Waals surface area contributed by atoms with Gasteiger partial charge in [0.2, 0.25) is 10.0 Å². The second-order valence-corrected chi connectivity index (χ2v) is 7.30. The second kappa shape index (κ2) is 6.30. The van der Waals surface area contributed by atoms with Crippen molar-refractivity contribution < 1.29 is 17.9 Å². The van der Waals surface area contributed by atoms with Crippen LogP contribution in [0.1, 0.15) is 26.7 Å². The van der Waals surface area contributed by atoms with Gasteiger partial charge in [0.15, 0.2) is 0 Å². The van der Waals surface area contributed by atoms with Gasteiger partial charge in [0.25, 0.3) is 0 Å². The molecule has 0 heterocycles. The number of hydrogen-bond donors (Lipinski definition) is 2. The van der Waals surface area contributed by atoms with Crippen LogP contribution >= 0.6 is 15.9 Å². The van der Waals surface area contributed by atoms with Crippen molar-refractivity contribution in [1.29, 1.82) is 0 Å². The number of halogens is 2. The minimum atomic E-state index is -3.97. The predicted octanol–water partition coefficient (Wildman–Crippen LogP) is 2.42. The van der Waals surface area contributed by atoms with Gasteiger partial charge in [0, 0.05) is 11.0 Å². The summed E-state index contributed by atoms with van der Waals surface area (Å²) in [6.07, 6.45) is 1.18. The van der Waals surface area contributed by atoms with Crippen LogP contribution in [0.2, 0.25) is 0 Å². The number of sulfonamides is 1. The molecular formula is C12H17BrFNO3S. The molecule has 1 aromatic carbocycles. The van der Waals surface area contributed by atoms with E-state index in [4.69, 9.17) is 0 Å². The first-order chi connectivity index (χ1) is 8.68. The molecule has 0 aliphatic heterocycles. The smallest absolute Gasteiger partial charge is 0.243 e. The monoisotopic (exact) mass is 353 g/mol. The Morgan fingerprint density at radius 1 is 1.47 bits per heavy atom. The summed E-state index contributed by atoms with van der Waals surface area (Å²) in [5.41, 5.74) is -1.15. The average molecular weight is 354 g/mol. The Balaban J connectivity index is 2.87. The number of nitrogens with one attached hydrogen (secondary N) is 1. The first-order valence-corrected chi connectivity index (χ1v) is 8.13. The molecule has 0 aromatic heterocycles. The molecular weight excluding hydrogens is 337 g/mol. The van der Waals surface area contributed by atoms with Crippen molar-refractivity contribution in [3.8, 4) is 0 Å². The lowest BCUT2D eigenvalue weighted by Crippen LogP contribution is -2.40. The average Bonchev–Trinajstić information content (AvgIpc) is 2.26. The van der Waals surface area contributed by atoms with Gasteiger partial charge in [-0.2, -0.15) is 0 Å². The van der Waals surface area contributed by atoms with Gasteiger partial charge >= 0.3 is 0 Å². The Kier molecular flexibility index (Phi) is 5.49.